The minimum absolute atomic E-state index is 0.0458. The monoisotopic (exact) mass is 754 g/mol. The third-order valence-corrected chi connectivity index (χ3v) is 10.5. The maximum Gasteiger partial charge on any atom is 0.481 e. The number of carbonyl (C=O) groups is 1. The highest BCUT2D eigenvalue weighted by atomic mass is 31.3. The molecule has 6 rings (SSSR count). The fourth-order valence-corrected chi connectivity index (χ4v) is 7.54. The predicted octanol–water partition coefficient (Wildman–Crippen LogP) is 0.0314. The molecule has 0 aliphatic carbocycles. The van der Waals surface area contributed by atoms with E-state index in [1.54, 1.807) is 30.3 Å². The van der Waals surface area contributed by atoms with Crippen molar-refractivity contribution in [3.05, 3.63) is 72.3 Å². The standard InChI is InChI=1S/C28H32N6O15P2/c29-25-19-27(32-11-31-25)34(12-33-19)28-23(38)21(36)18(48-28)10-45-51(42,43)49-50(40,41)44-9-17-20(35)22(37)24(47-17)13-6-7-16(15(8-13)26(30)39)46-14-4-2-1-3-5-14/h1-8,11-12,17-18,20-24,28,35-38H,9-10H2,(H2,30,39)(H,40,41)(H,42,43)(H2,29,31,32)/t17-,18+,20-,21+,22-,23+,24+,28+/m1/s1. The van der Waals surface area contributed by atoms with Gasteiger partial charge >= 0.3 is 15.6 Å². The van der Waals surface area contributed by atoms with Crippen LogP contribution in [-0.4, -0.2) is 105 Å². The smallest absolute Gasteiger partial charge is 0.457 e. The molecule has 4 heterocycles. The van der Waals surface area contributed by atoms with Gasteiger partial charge < -0.3 is 55.9 Å². The lowest BCUT2D eigenvalue weighted by Gasteiger charge is -2.20. The quantitative estimate of drug-likeness (QED) is 0.0835. The van der Waals surface area contributed by atoms with Gasteiger partial charge in [-0.3, -0.25) is 18.4 Å². The third-order valence-electron chi connectivity index (χ3n) is 7.94. The number of aliphatic hydroxyl groups is 4. The van der Waals surface area contributed by atoms with E-state index in [0.29, 0.717) is 5.75 Å². The molecule has 2 aliphatic rings. The number of hydrogen-bond acceptors (Lipinski definition) is 17. The van der Waals surface area contributed by atoms with Crippen molar-refractivity contribution in [2.75, 3.05) is 18.9 Å². The predicted molar refractivity (Wildman–Crippen MR) is 169 cm³/mol. The van der Waals surface area contributed by atoms with Crippen molar-refractivity contribution in [2.45, 2.75) is 49.0 Å². The number of nitrogens with two attached hydrogens (primary N) is 2. The lowest BCUT2D eigenvalue weighted by molar-refractivity contribution is -0.0507. The van der Waals surface area contributed by atoms with Gasteiger partial charge in [0, 0.05) is 0 Å². The number of primary amides is 1. The molecule has 10 N–H and O–H groups in total. The summed E-state index contributed by atoms with van der Waals surface area (Å²) in [6.07, 6.45) is -9.69. The minimum Gasteiger partial charge on any atom is -0.457 e. The molecule has 2 fully saturated rings. The van der Waals surface area contributed by atoms with Gasteiger partial charge in [0.2, 0.25) is 0 Å². The fourth-order valence-electron chi connectivity index (χ4n) is 5.45. The zero-order valence-electron chi connectivity index (χ0n) is 26.0. The maximum absolute atomic E-state index is 12.6. The van der Waals surface area contributed by atoms with Crippen molar-refractivity contribution >= 4 is 38.5 Å². The number of nitrogen functional groups attached to an aromatic ring is 1. The second-order valence-electron chi connectivity index (χ2n) is 11.4. The number of amides is 1. The van der Waals surface area contributed by atoms with E-state index in [2.05, 4.69) is 19.3 Å². The highest BCUT2D eigenvalue weighted by Gasteiger charge is 2.48. The molecule has 0 saturated carbocycles. The van der Waals surface area contributed by atoms with Crippen LogP contribution in [-0.2, 0) is 32.0 Å². The molecule has 274 valence electrons. The molecule has 0 bridgehead atoms. The number of benzene rings is 2. The molecule has 2 aromatic heterocycles. The van der Waals surface area contributed by atoms with Gasteiger partial charge in [0.15, 0.2) is 17.7 Å². The summed E-state index contributed by atoms with van der Waals surface area (Å²) < 4.78 is 57.2. The number of ether oxygens (including phenoxy) is 3. The van der Waals surface area contributed by atoms with Crippen molar-refractivity contribution in [3.63, 3.8) is 0 Å². The molecule has 23 heteroatoms. The minimum atomic E-state index is -5.42. The number of para-hydroxylation sites is 1. The fraction of sp³-hybridized carbons (Fsp3) is 0.357. The van der Waals surface area contributed by atoms with Crippen molar-refractivity contribution < 1.29 is 71.7 Å². The summed E-state index contributed by atoms with van der Waals surface area (Å²) in [6.45, 7) is -1.83. The van der Waals surface area contributed by atoms with Gasteiger partial charge in [-0.2, -0.15) is 4.31 Å². The van der Waals surface area contributed by atoms with Gasteiger partial charge in [0.05, 0.1) is 25.1 Å². The van der Waals surface area contributed by atoms with Crippen LogP contribution in [0.25, 0.3) is 11.2 Å². The third kappa shape index (κ3) is 7.96. The summed E-state index contributed by atoms with van der Waals surface area (Å²) in [6, 6.07) is 12.7. The summed E-state index contributed by atoms with van der Waals surface area (Å²) in [5, 5.41) is 42.3. The molecule has 51 heavy (non-hydrogen) atoms. The number of anilines is 1. The second kappa shape index (κ2) is 14.6. The van der Waals surface area contributed by atoms with Crippen molar-refractivity contribution in [3.8, 4) is 11.5 Å². The number of phosphoric acid groups is 2. The van der Waals surface area contributed by atoms with Gasteiger partial charge in [0.1, 0.15) is 66.1 Å². The van der Waals surface area contributed by atoms with Gasteiger partial charge in [-0.1, -0.05) is 24.3 Å². The summed E-state index contributed by atoms with van der Waals surface area (Å²) in [5.41, 5.74) is 11.8. The highest BCUT2D eigenvalue weighted by Crippen LogP contribution is 2.61. The Morgan fingerprint density at radius 3 is 2.18 bits per heavy atom. The van der Waals surface area contributed by atoms with E-state index in [4.69, 9.17) is 34.7 Å². The Morgan fingerprint density at radius 2 is 1.51 bits per heavy atom. The summed E-state index contributed by atoms with van der Waals surface area (Å²) in [7, 11) is -10.8. The van der Waals surface area contributed by atoms with Crippen molar-refractivity contribution in [1.29, 1.82) is 0 Å². The lowest BCUT2D eigenvalue weighted by Crippen LogP contribution is -2.33. The molecule has 10 atom stereocenters. The first-order valence-corrected chi connectivity index (χ1v) is 17.9. The maximum atomic E-state index is 12.6. The molecule has 1 amide bonds. The van der Waals surface area contributed by atoms with E-state index < -0.39 is 83.7 Å². The molecule has 4 aromatic rings. The van der Waals surface area contributed by atoms with Gasteiger partial charge in [-0.25, -0.2) is 24.1 Å². The lowest BCUT2D eigenvalue weighted by atomic mass is 9.99. The molecule has 21 nitrogen and oxygen atoms in total. The topological polar surface area (TPSA) is 324 Å². The van der Waals surface area contributed by atoms with E-state index >= 15 is 0 Å². The van der Waals surface area contributed by atoms with Crippen LogP contribution in [0, 0.1) is 0 Å². The Balaban J connectivity index is 1.04. The zero-order chi connectivity index (χ0) is 36.7. The number of rotatable bonds is 13. The molecule has 0 spiro atoms. The average Bonchev–Trinajstić information content (AvgIpc) is 3.73. The number of nitrogens with zero attached hydrogens (tertiary/aromatic N) is 4. The SMILES string of the molecule is NC(=O)c1cc([C@@H]2O[C@H](COP(=O)(O)OP(=O)(O)OC[C@@H]3O[C@H](n4cnc5c(N)ncnc54)[C@@H](O)[C@H]3O)[C@@H](O)[C@H]2O)ccc1Oc1ccccc1. The van der Waals surface area contributed by atoms with Gasteiger partial charge in [-0.05, 0) is 29.8 Å². The Morgan fingerprint density at radius 1 is 0.863 bits per heavy atom. The van der Waals surface area contributed by atoms with Crippen LogP contribution in [0.4, 0.5) is 5.82 Å². The molecular formula is C28H32N6O15P2. The van der Waals surface area contributed by atoms with Crippen LogP contribution in [0.15, 0.2) is 61.2 Å². The van der Waals surface area contributed by atoms with E-state index in [1.807, 2.05) is 0 Å². The van der Waals surface area contributed by atoms with Crippen LogP contribution < -0.4 is 16.2 Å². The molecule has 0 radical (unpaired) electrons. The van der Waals surface area contributed by atoms with Crippen LogP contribution >= 0.6 is 15.6 Å². The Hall–Kier alpha value is -3.92. The Bertz CT molecular complexity index is 1990. The molecule has 2 saturated heterocycles. The van der Waals surface area contributed by atoms with Crippen LogP contribution in [0.3, 0.4) is 0 Å². The number of fused-ring (bicyclic) bond motifs is 1. The Labute approximate surface area is 287 Å². The van der Waals surface area contributed by atoms with Crippen LogP contribution in [0.2, 0.25) is 0 Å². The summed E-state index contributed by atoms with van der Waals surface area (Å²) >= 11 is 0. The van der Waals surface area contributed by atoms with E-state index in [9.17, 15) is 44.1 Å². The van der Waals surface area contributed by atoms with Crippen molar-refractivity contribution in [1.82, 2.24) is 19.5 Å². The second-order valence-corrected chi connectivity index (χ2v) is 14.4. The summed E-state index contributed by atoms with van der Waals surface area (Å²) in [5.74, 6) is -0.284. The van der Waals surface area contributed by atoms with Gasteiger partial charge in [0.25, 0.3) is 5.91 Å². The van der Waals surface area contributed by atoms with Crippen molar-refractivity contribution in [2.24, 2.45) is 5.73 Å². The number of imidazole rings is 1. The number of hydrogen-bond donors (Lipinski definition) is 8. The zero-order valence-corrected chi connectivity index (χ0v) is 27.8. The number of aromatic nitrogens is 4. The number of aliphatic hydroxyl groups excluding tert-OH is 4. The molecule has 2 aromatic carbocycles. The first kappa shape index (κ1) is 36.9. The van der Waals surface area contributed by atoms with E-state index in [0.717, 1.165) is 6.33 Å². The number of phosphoric ester groups is 2. The Kier molecular flexibility index (Phi) is 10.6. The largest absolute Gasteiger partial charge is 0.481 e. The average molecular weight is 755 g/mol. The summed E-state index contributed by atoms with van der Waals surface area (Å²) in [4.78, 5) is 44.3. The highest BCUT2D eigenvalue weighted by molar-refractivity contribution is 7.61. The van der Waals surface area contributed by atoms with Crippen LogP contribution in [0.1, 0.15) is 28.3 Å². The first-order valence-electron chi connectivity index (χ1n) is 14.9. The van der Waals surface area contributed by atoms with Crippen LogP contribution in [0.5, 0.6) is 11.5 Å². The molecule has 2 unspecified atom stereocenters. The van der Waals surface area contributed by atoms with E-state index in [1.165, 1.54) is 29.1 Å². The normalized spacial score (nSPS) is 28.7. The molecular weight excluding hydrogens is 722 g/mol. The van der Waals surface area contributed by atoms with Gasteiger partial charge in [-0.15, -0.1) is 0 Å². The molecule has 2 aliphatic heterocycles. The first-order chi connectivity index (χ1) is 24.1. The van der Waals surface area contributed by atoms with E-state index in [-0.39, 0.29) is 33.9 Å². The number of carbonyl (C=O) groups excluding carboxylic acids is 1.